The van der Waals surface area contributed by atoms with Crippen LogP contribution < -0.4 is 0 Å². The first-order valence-corrected chi connectivity index (χ1v) is 12.4. The maximum atomic E-state index is 14.8. The second kappa shape index (κ2) is 9.14. The number of hydrogen-bond acceptors (Lipinski definition) is 3. The molecule has 3 fully saturated rings. The van der Waals surface area contributed by atoms with Gasteiger partial charge in [-0.15, -0.1) is 0 Å². The molecule has 180 valence electrons. The van der Waals surface area contributed by atoms with Crippen LogP contribution in [0.25, 0.3) is 0 Å². The van der Waals surface area contributed by atoms with Crippen molar-refractivity contribution in [3.63, 3.8) is 0 Å². The van der Waals surface area contributed by atoms with E-state index in [0.717, 1.165) is 12.8 Å². The van der Waals surface area contributed by atoms with Gasteiger partial charge < -0.3 is 14.5 Å². The van der Waals surface area contributed by atoms with Crippen LogP contribution in [-0.2, 0) is 26.2 Å². The largest absolute Gasteiger partial charge is 0.381 e. The number of benzene rings is 2. The highest BCUT2D eigenvalue weighted by atomic mass is 19.1. The normalized spacial score (nSPS) is 23.9. The van der Waals surface area contributed by atoms with Crippen molar-refractivity contribution in [1.82, 2.24) is 9.80 Å². The van der Waals surface area contributed by atoms with Crippen molar-refractivity contribution >= 4 is 11.8 Å². The topological polar surface area (TPSA) is 49.9 Å². The standard InChI is InChI=1S/C28H33FN2O3/c1-30-22(19-21-7-3-2-4-8-21)20-27(25(30)32)11-15-31(16-12-27)26(33)28(13-17-34-18-14-28)23-9-5-6-10-24(23)29/h2-10,22H,11-20H2,1H3. The van der Waals surface area contributed by atoms with Crippen LogP contribution in [-0.4, -0.2) is 61.0 Å². The van der Waals surface area contributed by atoms with Crippen molar-refractivity contribution < 1.29 is 18.7 Å². The Morgan fingerprint density at radius 3 is 2.32 bits per heavy atom. The molecule has 0 aromatic heterocycles. The molecule has 2 amide bonds. The summed E-state index contributed by atoms with van der Waals surface area (Å²) in [7, 11) is 1.91. The van der Waals surface area contributed by atoms with Gasteiger partial charge in [0, 0.05) is 45.0 Å². The summed E-state index contributed by atoms with van der Waals surface area (Å²) in [6.07, 6.45) is 3.97. The molecule has 1 unspecified atom stereocenters. The fraction of sp³-hybridized carbons (Fsp3) is 0.500. The summed E-state index contributed by atoms with van der Waals surface area (Å²) in [5.41, 5.74) is 0.429. The van der Waals surface area contributed by atoms with Gasteiger partial charge in [0.05, 0.1) is 10.8 Å². The monoisotopic (exact) mass is 464 g/mol. The van der Waals surface area contributed by atoms with Gasteiger partial charge >= 0.3 is 0 Å². The molecule has 5 nitrogen and oxygen atoms in total. The molecule has 3 aliphatic rings. The van der Waals surface area contributed by atoms with E-state index < -0.39 is 10.8 Å². The zero-order valence-corrected chi connectivity index (χ0v) is 19.8. The molecule has 0 saturated carbocycles. The molecule has 0 bridgehead atoms. The zero-order chi connectivity index (χ0) is 23.8. The molecule has 0 aliphatic carbocycles. The fourth-order valence-electron chi connectivity index (χ4n) is 6.34. The number of amides is 2. The Bertz CT molecular complexity index is 1040. The van der Waals surface area contributed by atoms with E-state index in [0.29, 0.717) is 57.6 Å². The summed E-state index contributed by atoms with van der Waals surface area (Å²) >= 11 is 0. The predicted molar refractivity (Wildman–Crippen MR) is 128 cm³/mol. The van der Waals surface area contributed by atoms with Crippen LogP contribution in [0.3, 0.4) is 0 Å². The minimum atomic E-state index is -0.888. The molecule has 1 spiro atoms. The quantitative estimate of drug-likeness (QED) is 0.688. The summed E-state index contributed by atoms with van der Waals surface area (Å²) in [5.74, 6) is -0.145. The van der Waals surface area contributed by atoms with Crippen LogP contribution in [0, 0.1) is 11.2 Å². The van der Waals surface area contributed by atoms with Crippen molar-refractivity contribution in [2.24, 2.45) is 5.41 Å². The number of carbonyl (C=O) groups excluding carboxylic acids is 2. The highest BCUT2D eigenvalue weighted by Gasteiger charge is 2.53. The first-order chi connectivity index (χ1) is 16.5. The van der Waals surface area contributed by atoms with Gasteiger partial charge in [0.25, 0.3) is 0 Å². The third-order valence-electron chi connectivity index (χ3n) is 8.42. The summed E-state index contributed by atoms with van der Waals surface area (Å²) < 4.78 is 20.4. The van der Waals surface area contributed by atoms with Gasteiger partial charge in [-0.3, -0.25) is 9.59 Å². The third-order valence-corrected chi connectivity index (χ3v) is 8.42. The average molecular weight is 465 g/mol. The second-order valence-corrected chi connectivity index (χ2v) is 10.2. The van der Waals surface area contributed by atoms with E-state index in [-0.39, 0.29) is 23.7 Å². The lowest BCUT2D eigenvalue weighted by atomic mass is 9.71. The maximum absolute atomic E-state index is 14.8. The van der Waals surface area contributed by atoms with E-state index in [1.807, 2.05) is 35.0 Å². The van der Waals surface area contributed by atoms with E-state index in [9.17, 15) is 14.0 Å². The molecular formula is C28H33FN2O3. The van der Waals surface area contributed by atoms with Crippen LogP contribution in [0.15, 0.2) is 54.6 Å². The molecule has 1 atom stereocenters. The Balaban J connectivity index is 1.32. The Kier molecular flexibility index (Phi) is 6.19. The SMILES string of the molecule is CN1C(=O)C2(CCN(C(=O)C3(c4ccccc4F)CCOCC3)CC2)CC1Cc1ccccc1. The van der Waals surface area contributed by atoms with Crippen molar-refractivity contribution in [1.29, 1.82) is 0 Å². The molecule has 6 heteroatoms. The minimum Gasteiger partial charge on any atom is -0.381 e. The molecule has 2 aromatic rings. The summed E-state index contributed by atoms with van der Waals surface area (Å²) in [6, 6.07) is 17.1. The van der Waals surface area contributed by atoms with Crippen LogP contribution in [0.5, 0.6) is 0 Å². The van der Waals surface area contributed by atoms with Crippen LogP contribution in [0.2, 0.25) is 0 Å². The number of rotatable bonds is 4. The smallest absolute Gasteiger partial charge is 0.233 e. The number of likely N-dealkylation sites (tertiary alicyclic amines) is 2. The highest BCUT2D eigenvalue weighted by Crippen LogP contribution is 2.46. The molecule has 3 saturated heterocycles. The van der Waals surface area contributed by atoms with Gasteiger partial charge in [0.2, 0.25) is 11.8 Å². The Hall–Kier alpha value is -2.73. The maximum Gasteiger partial charge on any atom is 0.233 e. The number of likely N-dealkylation sites (N-methyl/N-ethyl adjacent to an activating group) is 1. The lowest BCUT2D eigenvalue weighted by Crippen LogP contribution is -2.54. The van der Waals surface area contributed by atoms with E-state index >= 15 is 0 Å². The van der Waals surface area contributed by atoms with Gasteiger partial charge in [-0.1, -0.05) is 48.5 Å². The van der Waals surface area contributed by atoms with Crippen LogP contribution in [0.1, 0.15) is 43.2 Å². The molecule has 3 heterocycles. The van der Waals surface area contributed by atoms with Gasteiger partial charge in [-0.2, -0.15) is 0 Å². The van der Waals surface area contributed by atoms with Crippen LogP contribution in [0.4, 0.5) is 4.39 Å². The second-order valence-electron chi connectivity index (χ2n) is 10.2. The van der Waals surface area contributed by atoms with E-state index in [1.54, 1.807) is 18.2 Å². The molecule has 2 aromatic carbocycles. The van der Waals surface area contributed by atoms with E-state index in [4.69, 9.17) is 4.74 Å². The van der Waals surface area contributed by atoms with E-state index in [1.165, 1.54) is 11.6 Å². The van der Waals surface area contributed by atoms with E-state index in [2.05, 4.69) is 12.1 Å². The molecular weight excluding hydrogens is 431 g/mol. The lowest BCUT2D eigenvalue weighted by Gasteiger charge is -2.44. The number of hydrogen-bond donors (Lipinski definition) is 0. The van der Waals surface area contributed by atoms with Crippen molar-refractivity contribution in [2.75, 3.05) is 33.4 Å². The van der Waals surface area contributed by atoms with Crippen molar-refractivity contribution in [3.05, 3.63) is 71.5 Å². The number of piperidine rings is 1. The zero-order valence-electron chi connectivity index (χ0n) is 19.8. The summed E-state index contributed by atoms with van der Waals surface area (Å²) in [4.78, 5) is 31.0. The van der Waals surface area contributed by atoms with Gasteiger partial charge in [0.15, 0.2) is 0 Å². The van der Waals surface area contributed by atoms with Crippen molar-refractivity contribution in [2.45, 2.75) is 50.0 Å². The number of ether oxygens (including phenoxy) is 1. The predicted octanol–water partition coefficient (Wildman–Crippen LogP) is 3.96. The number of nitrogens with zero attached hydrogens (tertiary/aromatic N) is 2. The fourth-order valence-corrected chi connectivity index (χ4v) is 6.34. The first-order valence-electron chi connectivity index (χ1n) is 12.4. The highest BCUT2D eigenvalue weighted by molar-refractivity contribution is 5.90. The molecule has 0 radical (unpaired) electrons. The van der Waals surface area contributed by atoms with Crippen molar-refractivity contribution in [3.8, 4) is 0 Å². The lowest BCUT2D eigenvalue weighted by molar-refractivity contribution is -0.147. The molecule has 0 N–H and O–H groups in total. The van der Waals surface area contributed by atoms with Gasteiger partial charge in [0.1, 0.15) is 5.82 Å². The molecule has 3 aliphatic heterocycles. The molecule has 34 heavy (non-hydrogen) atoms. The first kappa shape index (κ1) is 23.0. The summed E-state index contributed by atoms with van der Waals surface area (Å²) in [6.45, 7) is 1.96. The minimum absolute atomic E-state index is 0.0182. The third kappa shape index (κ3) is 3.92. The Morgan fingerprint density at radius 1 is 1.00 bits per heavy atom. The Morgan fingerprint density at radius 2 is 1.65 bits per heavy atom. The number of carbonyl (C=O) groups is 2. The van der Waals surface area contributed by atoms with Gasteiger partial charge in [-0.25, -0.2) is 4.39 Å². The Labute approximate surface area is 200 Å². The summed E-state index contributed by atoms with van der Waals surface area (Å²) in [5, 5.41) is 0. The molecule has 5 rings (SSSR count). The number of halogens is 1. The van der Waals surface area contributed by atoms with Crippen LogP contribution >= 0.6 is 0 Å². The average Bonchev–Trinajstić information content (AvgIpc) is 3.09. The van der Waals surface area contributed by atoms with Gasteiger partial charge in [-0.05, 0) is 50.2 Å².